The quantitative estimate of drug-likeness (QED) is 0.316. The van der Waals surface area contributed by atoms with Gasteiger partial charge in [-0.25, -0.2) is 4.99 Å². The van der Waals surface area contributed by atoms with Crippen molar-refractivity contribution < 1.29 is 4.79 Å². The van der Waals surface area contributed by atoms with Gasteiger partial charge in [-0.15, -0.1) is 24.0 Å². The zero-order valence-corrected chi connectivity index (χ0v) is 14.7. The van der Waals surface area contributed by atoms with Gasteiger partial charge in [0, 0.05) is 26.7 Å². The van der Waals surface area contributed by atoms with Crippen molar-refractivity contribution in [2.45, 2.75) is 39.2 Å². The molecule has 1 saturated carbocycles. The van der Waals surface area contributed by atoms with E-state index in [0.29, 0.717) is 12.0 Å². The van der Waals surface area contributed by atoms with E-state index in [1.165, 1.54) is 6.42 Å². The minimum absolute atomic E-state index is 0. The largest absolute Gasteiger partial charge is 0.356 e. The van der Waals surface area contributed by atoms with Crippen LogP contribution in [0.5, 0.6) is 0 Å². The van der Waals surface area contributed by atoms with Gasteiger partial charge in [0.25, 0.3) is 0 Å². The molecule has 0 spiro atoms. The number of nitrogens with zero attached hydrogens (tertiary/aromatic N) is 2. The number of carbonyl (C=O) groups excluding carboxylic acids is 1. The Morgan fingerprint density at radius 3 is 2.53 bits per heavy atom. The average molecular weight is 382 g/mol. The second-order valence-electron chi connectivity index (χ2n) is 5.20. The maximum Gasteiger partial charge on any atom is 0.243 e. The normalized spacial score (nSPS) is 21.4. The number of amides is 1. The van der Waals surface area contributed by atoms with Gasteiger partial charge in [0.1, 0.15) is 6.54 Å². The average Bonchev–Trinajstić information content (AvgIpc) is 3.01. The Balaban J connectivity index is 0.00000324. The third-order valence-electron chi connectivity index (χ3n) is 3.13. The summed E-state index contributed by atoms with van der Waals surface area (Å²) in [7, 11) is 3.50. The third-order valence-corrected chi connectivity index (χ3v) is 3.13. The lowest BCUT2D eigenvalue weighted by Crippen LogP contribution is -2.40. The number of aliphatic imine (C=N–C) groups is 1. The number of unbranched alkanes of at least 4 members (excludes halogenated alkanes) is 1. The summed E-state index contributed by atoms with van der Waals surface area (Å²) in [4.78, 5) is 17.4. The second kappa shape index (κ2) is 9.39. The highest BCUT2D eigenvalue weighted by Crippen LogP contribution is 2.28. The maximum atomic E-state index is 11.5. The Morgan fingerprint density at radius 1 is 1.42 bits per heavy atom. The van der Waals surface area contributed by atoms with Crippen LogP contribution in [0.1, 0.15) is 33.1 Å². The van der Waals surface area contributed by atoms with Crippen LogP contribution in [0.3, 0.4) is 0 Å². The van der Waals surface area contributed by atoms with Gasteiger partial charge in [-0.3, -0.25) is 4.79 Å². The predicted molar refractivity (Wildman–Crippen MR) is 90.0 cm³/mol. The van der Waals surface area contributed by atoms with Gasteiger partial charge >= 0.3 is 0 Å². The van der Waals surface area contributed by atoms with Crippen LogP contribution in [0.2, 0.25) is 0 Å². The lowest BCUT2D eigenvalue weighted by molar-refractivity contribution is -0.127. The summed E-state index contributed by atoms with van der Waals surface area (Å²) < 4.78 is 0. The predicted octanol–water partition coefficient (Wildman–Crippen LogP) is 1.44. The van der Waals surface area contributed by atoms with Crippen molar-refractivity contribution in [1.29, 1.82) is 0 Å². The molecule has 6 heteroatoms. The van der Waals surface area contributed by atoms with Crippen molar-refractivity contribution in [3.8, 4) is 0 Å². The van der Waals surface area contributed by atoms with Gasteiger partial charge < -0.3 is 15.5 Å². The van der Waals surface area contributed by atoms with E-state index in [1.54, 1.807) is 19.0 Å². The summed E-state index contributed by atoms with van der Waals surface area (Å²) in [5, 5.41) is 6.64. The van der Waals surface area contributed by atoms with Crippen LogP contribution in [0.15, 0.2) is 4.99 Å². The Kier molecular flexibility index (Phi) is 9.12. The molecule has 1 aliphatic rings. The number of likely N-dealkylation sites (N-methyl/N-ethyl adjacent to an activating group) is 1. The summed E-state index contributed by atoms with van der Waals surface area (Å²) in [5.41, 5.74) is 0. The van der Waals surface area contributed by atoms with Gasteiger partial charge in [0.2, 0.25) is 5.91 Å². The van der Waals surface area contributed by atoms with Crippen LogP contribution in [0.4, 0.5) is 0 Å². The minimum Gasteiger partial charge on any atom is -0.356 e. The zero-order valence-electron chi connectivity index (χ0n) is 12.4. The van der Waals surface area contributed by atoms with E-state index in [0.717, 1.165) is 25.3 Å². The van der Waals surface area contributed by atoms with Gasteiger partial charge in [0.15, 0.2) is 5.96 Å². The first-order chi connectivity index (χ1) is 8.54. The third kappa shape index (κ3) is 7.59. The maximum absolute atomic E-state index is 11.5. The molecule has 1 amide bonds. The standard InChI is InChI=1S/C13H26N4O.HI/c1-5-6-7-14-13(16-11-8-10(11)2)15-9-12(18)17(3)4;/h10-11H,5-9H2,1-4H3,(H2,14,15,16);1H. The molecule has 0 aromatic heterocycles. The van der Waals surface area contributed by atoms with E-state index in [2.05, 4.69) is 29.5 Å². The van der Waals surface area contributed by atoms with Crippen molar-refractivity contribution in [2.24, 2.45) is 10.9 Å². The summed E-state index contributed by atoms with van der Waals surface area (Å²) in [6, 6.07) is 0.521. The Morgan fingerprint density at radius 2 is 2.05 bits per heavy atom. The lowest BCUT2D eigenvalue weighted by atomic mass is 10.3. The molecule has 112 valence electrons. The molecule has 0 heterocycles. The fraction of sp³-hybridized carbons (Fsp3) is 0.846. The van der Waals surface area contributed by atoms with Crippen molar-refractivity contribution in [1.82, 2.24) is 15.5 Å². The molecular weight excluding hydrogens is 355 g/mol. The molecule has 1 fully saturated rings. The molecule has 5 nitrogen and oxygen atoms in total. The molecule has 0 aromatic carbocycles. The van der Waals surface area contributed by atoms with Gasteiger partial charge in [0.05, 0.1) is 0 Å². The van der Waals surface area contributed by atoms with E-state index in [9.17, 15) is 4.79 Å². The summed E-state index contributed by atoms with van der Waals surface area (Å²) in [5.74, 6) is 1.51. The Labute approximate surface area is 133 Å². The van der Waals surface area contributed by atoms with Gasteiger partial charge in [-0.2, -0.15) is 0 Å². The first-order valence-electron chi connectivity index (χ1n) is 6.79. The molecule has 19 heavy (non-hydrogen) atoms. The number of hydrogen-bond donors (Lipinski definition) is 2. The molecule has 0 radical (unpaired) electrons. The number of halogens is 1. The number of guanidine groups is 1. The van der Waals surface area contributed by atoms with Crippen LogP contribution in [-0.2, 0) is 4.79 Å². The molecule has 0 aliphatic heterocycles. The summed E-state index contributed by atoms with van der Waals surface area (Å²) in [6.45, 7) is 5.48. The van der Waals surface area contributed by atoms with Crippen molar-refractivity contribution in [2.75, 3.05) is 27.2 Å². The van der Waals surface area contributed by atoms with Crippen molar-refractivity contribution >= 4 is 35.8 Å². The topological polar surface area (TPSA) is 56.7 Å². The van der Waals surface area contributed by atoms with E-state index >= 15 is 0 Å². The van der Waals surface area contributed by atoms with E-state index < -0.39 is 0 Å². The molecule has 2 atom stereocenters. The second-order valence-corrected chi connectivity index (χ2v) is 5.20. The molecule has 2 N–H and O–H groups in total. The lowest BCUT2D eigenvalue weighted by Gasteiger charge is -2.13. The van der Waals surface area contributed by atoms with E-state index in [1.807, 2.05) is 0 Å². The molecule has 1 rings (SSSR count). The van der Waals surface area contributed by atoms with Crippen LogP contribution < -0.4 is 10.6 Å². The highest BCUT2D eigenvalue weighted by atomic mass is 127. The minimum atomic E-state index is 0. The molecule has 0 aromatic rings. The van der Waals surface area contributed by atoms with Gasteiger partial charge in [-0.1, -0.05) is 20.3 Å². The first-order valence-corrected chi connectivity index (χ1v) is 6.79. The van der Waals surface area contributed by atoms with Crippen molar-refractivity contribution in [3.05, 3.63) is 0 Å². The van der Waals surface area contributed by atoms with Crippen molar-refractivity contribution in [3.63, 3.8) is 0 Å². The van der Waals surface area contributed by atoms with Crippen LogP contribution in [0.25, 0.3) is 0 Å². The number of rotatable bonds is 6. The van der Waals surface area contributed by atoms with Crippen LogP contribution in [-0.4, -0.2) is 50.0 Å². The summed E-state index contributed by atoms with van der Waals surface area (Å²) in [6.07, 6.45) is 3.45. The zero-order chi connectivity index (χ0) is 13.5. The SMILES string of the molecule is CCCCNC(=NCC(=O)N(C)C)NC1CC1C.I. The monoisotopic (exact) mass is 382 g/mol. The first kappa shape index (κ1) is 18.5. The molecule has 2 unspecified atom stereocenters. The fourth-order valence-corrected chi connectivity index (χ4v) is 1.52. The smallest absolute Gasteiger partial charge is 0.243 e. The summed E-state index contributed by atoms with van der Waals surface area (Å²) >= 11 is 0. The fourth-order valence-electron chi connectivity index (χ4n) is 1.52. The molecular formula is C13H27IN4O. The van der Waals surface area contributed by atoms with Crippen LogP contribution >= 0.6 is 24.0 Å². The Hall–Kier alpha value is -0.530. The molecule has 0 bridgehead atoms. The number of nitrogens with one attached hydrogen (secondary N) is 2. The van der Waals surface area contributed by atoms with Crippen LogP contribution in [0, 0.1) is 5.92 Å². The molecule has 0 saturated heterocycles. The highest BCUT2D eigenvalue weighted by molar-refractivity contribution is 14.0. The Bertz CT molecular complexity index is 307. The number of hydrogen-bond acceptors (Lipinski definition) is 2. The van der Waals surface area contributed by atoms with E-state index in [-0.39, 0.29) is 36.4 Å². The van der Waals surface area contributed by atoms with E-state index in [4.69, 9.17) is 0 Å². The highest BCUT2D eigenvalue weighted by Gasteiger charge is 2.33. The van der Waals surface area contributed by atoms with Gasteiger partial charge in [-0.05, 0) is 18.8 Å². The number of carbonyl (C=O) groups is 1. The molecule has 1 aliphatic carbocycles.